The minimum Gasteiger partial charge on any atom is -0.375 e. The molecule has 4 rings (SSSR count). The van der Waals surface area contributed by atoms with E-state index in [1.807, 2.05) is 12.1 Å². The molecule has 3 atom stereocenters. The molecule has 34 heavy (non-hydrogen) atoms. The Morgan fingerprint density at radius 1 is 1.24 bits per heavy atom. The first-order chi connectivity index (χ1) is 16.4. The number of carbonyl (C=O) groups excluding carboxylic acids is 2. The van der Waals surface area contributed by atoms with Crippen LogP contribution in [0.3, 0.4) is 0 Å². The Balaban J connectivity index is 1.30. The lowest BCUT2D eigenvalue weighted by atomic mass is 9.90. The maximum Gasteiger partial charge on any atom is 0.321 e. The molecule has 0 saturated carbocycles. The first kappa shape index (κ1) is 24.8. The van der Waals surface area contributed by atoms with Crippen LogP contribution in [0.2, 0.25) is 0 Å². The average Bonchev–Trinajstić information content (AvgIpc) is 3.17. The van der Waals surface area contributed by atoms with E-state index in [-0.39, 0.29) is 29.8 Å². The van der Waals surface area contributed by atoms with Gasteiger partial charge in [0, 0.05) is 26.6 Å². The summed E-state index contributed by atoms with van der Waals surface area (Å²) in [6, 6.07) is 6.40. The highest BCUT2D eigenvalue weighted by Crippen LogP contribution is 2.25. The molecule has 3 unspecified atom stereocenters. The van der Waals surface area contributed by atoms with Gasteiger partial charge in [0.15, 0.2) is 10.9 Å². The molecule has 7 nitrogen and oxygen atoms in total. The average molecular weight is 489 g/mol. The fourth-order valence-electron chi connectivity index (χ4n) is 4.96. The number of likely N-dealkylation sites (tertiary alicyclic amines) is 1. The standard InChI is InChI=1S/C25H33FN4O3S/c1-16-23(17(2)31)34-25(27-16)29-24(32)28-21-6-4-12-33-22(21)15-30-11-3-5-19(14-30)13-18-7-9-20(26)10-8-18/h7-10,19,21-22H,3-6,11-15H2,1-2H3,(H2,27,28,29,32). The van der Waals surface area contributed by atoms with Crippen molar-refractivity contribution in [2.45, 2.75) is 58.1 Å². The summed E-state index contributed by atoms with van der Waals surface area (Å²) in [6.45, 7) is 6.73. The third-order valence-electron chi connectivity index (χ3n) is 6.57. The molecule has 184 valence electrons. The number of hydrogen-bond donors (Lipinski definition) is 2. The molecule has 0 spiro atoms. The van der Waals surface area contributed by atoms with Crippen molar-refractivity contribution in [1.82, 2.24) is 15.2 Å². The number of rotatable bonds is 7. The molecule has 2 saturated heterocycles. The van der Waals surface area contributed by atoms with Crippen molar-refractivity contribution in [3.63, 3.8) is 0 Å². The van der Waals surface area contributed by atoms with Gasteiger partial charge < -0.3 is 15.0 Å². The third-order valence-corrected chi connectivity index (χ3v) is 7.75. The molecule has 1 aromatic carbocycles. The van der Waals surface area contributed by atoms with Crippen LogP contribution < -0.4 is 10.6 Å². The topological polar surface area (TPSA) is 83.6 Å². The molecular formula is C25H33FN4O3S. The summed E-state index contributed by atoms with van der Waals surface area (Å²) in [5, 5.41) is 6.27. The van der Waals surface area contributed by atoms with Gasteiger partial charge >= 0.3 is 6.03 Å². The first-order valence-electron chi connectivity index (χ1n) is 12.0. The second kappa shape index (κ2) is 11.4. The first-order valence-corrected chi connectivity index (χ1v) is 12.8. The van der Waals surface area contributed by atoms with Crippen molar-refractivity contribution in [2.24, 2.45) is 5.92 Å². The lowest BCUT2D eigenvalue weighted by molar-refractivity contribution is -0.0306. The number of ether oxygens (including phenoxy) is 1. The van der Waals surface area contributed by atoms with Crippen LogP contribution >= 0.6 is 11.3 Å². The van der Waals surface area contributed by atoms with Gasteiger partial charge in [0.05, 0.1) is 22.7 Å². The Hall–Kier alpha value is -2.36. The van der Waals surface area contributed by atoms with Crippen LogP contribution in [0.25, 0.3) is 0 Å². The van der Waals surface area contributed by atoms with Gasteiger partial charge in [-0.2, -0.15) is 0 Å². The molecule has 2 aliphatic rings. The van der Waals surface area contributed by atoms with Crippen LogP contribution in [0.15, 0.2) is 24.3 Å². The molecule has 3 heterocycles. The van der Waals surface area contributed by atoms with E-state index in [0.29, 0.717) is 28.2 Å². The van der Waals surface area contributed by atoms with Gasteiger partial charge in [0.25, 0.3) is 0 Å². The van der Waals surface area contributed by atoms with Crippen LogP contribution in [0.5, 0.6) is 0 Å². The monoisotopic (exact) mass is 488 g/mol. The normalized spacial score (nSPS) is 23.4. The summed E-state index contributed by atoms with van der Waals surface area (Å²) in [6.07, 6.45) is 4.93. The molecule has 0 aliphatic carbocycles. The number of thiazole rings is 1. The number of aromatic nitrogens is 1. The molecule has 2 N–H and O–H groups in total. The predicted octanol–water partition coefficient (Wildman–Crippen LogP) is 4.42. The Bertz CT molecular complexity index is 997. The molecule has 2 amide bonds. The fraction of sp³-hybridized carbons (Fsp3) is 0.560. The zero-order valence-corrected chi connectivity index (χ0v) is 20.6. The van der Waals surface area contributed by atoms with Gasteiger partial charge in [0.2, 0.25) is 0 Å². The van der Waals surface area contributed by atoms with E-state index >= 15 is 0 Å². The van der Waals surface area contributed by atoms with Gasteiger partial charge in [-0.1, -0.05) is 23.5 Å². The maximum atomic E-state index is 13.2. The molecule has 2 aliphatic heterocycles. The number of ketones is 1. The lowest BCUT2D eigenvalue weighted by Crippen LogP contribution is -2.53. The number of carbonyl (C=O) groups is 2. The minimum atomic E-state index is -0.322. The van der Waals surface area contributed by atoms with Gasteiger partial charge in [-0.25, -0.2) is 14.2 Å². The summed E-state index contributed by atoms with van der Waals surface area (Å²) < 4.78 is 19.3. The Morgan fingerprint density at radius 2 is 2.03 bits per heavy atom. The van der Waals surface area contributed by atoms with Gasteiger partial charge in [-0.3, -0.25) is 10.1 Å². The summed E-state index contributed by atoms with van der Waals surface area (Å²) in [7, 11) is 0. The van der Waals surface area contributed by atoms with Crippen LogP contribution in [0, 0.1) is 18.7 Å². The molecular weight excluding hydrogens is 455 g/mol. The van der Waals surface area contributed by atoms with Gasteiger partial charge in [0.1, 0.15) is 5.82 Å². The molecule has 1 aromatic heterocycles. The smallest absolute Gasteiger partial charge is 0.321 e. The van der Waals surface area contributed by atoms with Gasteiger partial charge in [-0.05, 0) is 69.2 Å². The van der Waals surface area contributed by atoms with E-state index in [2.05, 4.69) is 20.5 Å². The third kappa shape index (κ3) is 6.61. The zero-order chi connectivity index (χ0) is 24.1. The number of nitrogens with zero attached hydrogens (tertiary/aromatic N) is 2. The SMILES string of the molecule is CC(=O)c1sc(NC(=O)NC2CCCOC2CN2CCCC(Cc3ccc(F)cc3)C2)nc1C. The van der Waals surface area contributed by atoms with Crippen molar-refractivity contribution >= 4 is 28.3 Å². The summed E-state index contributed by atoms with van der Waals surface area (Å²) in [4.78, 5) is 31.6. The van der Waals surface area contributed by atoms with Crippen LogP contribution in [0.1, 0.15) is 53.5 Å². The Morgan fingerprint density at radius 3 is 2.76 bits per heavy atom. The number of hydrogen-bond acceptors (Lipinski definition) is 6. The zero-order valence-electron chi connectivity index (χ0n) is 19.8. The van der Waals surface area contributed by atoms with Crippen molar-refractivity contribution < 1.29 is 18.7 Å². The van der Waals surface area contributed by atoms with Crippen molar-refractivity contribution in [1.29, 1.82) is 0 Å². The quantitative estimate of drug-likeness (QED) is 0.564. The number of benzene rings is 1. The number of anilines is 1. The lowest BCUT2D eigenvalue weighted by Gasteiger charge is -2.39. The van der Waals surface area contributed by atoms with Crippen LogP contribution in [-0.4, -0.2) is 60.1 Å². The number of aryl methyl sites for hydroxylation is 1. The Labute approximate surface area is 204 Å². The number of halogens is 1. The molecule has 0 bridgehead atoms. The summed E-state index contributed by atoms with van der Waals surface area (Å²) in [5.41, 5.74) is 1.80. The molecule has 2 fully saturated rings. The summed E-state index contributed by atoms with van der Waals surface area (Å²) >= 11 is 1.20. The van der Waals surface area contributed by atoms with E-state index in [9.17, 15) is 14.0 Å². The highest BCUT2D eigenvalue weighted by molar-refractivity contribution is 7.17. The summed E-state index contributed by atoms with van der Waals surface area (Å²) in [5.74, 6) is 0.278. The van der Waals surface area contributed by atoms with Crippen molar-refractivity contribution in [3.8, 4) is 0 Å². The van der Waals surface area contributed by atoms with E-state index in [4.69, 9.17) is 4.74 Å². The number of Topliss-reactive ketones (excluding diaryl/α,β-unsaturated/α-hetero) is 1. The molecule has 9 heteroatoms. The second-order valence-corrected chi connectivity index (χ2v) is 10.3. The van der Waals surface area contributed by atoms with E-state index in [0.717, 1.165) is 45.3 Å². The predicted molar refractivity (Wildman–Crippen MR) is 131 cm³/mol. The number of nitrogens with one attached hydrogen (secondary N) is 2. The number of piperidine rings is 1. The largest absolute Gasteiger partial charge is 0.375 e. The minimum absolute atomic E-state index is 0.0523. The Kier molecular flexibility index (Phi) is 8.28. The highest BCUT2D eigenvalue weighted by atomic mass is 32.1. The van der Waals surface area contributed by atoms with E-state index < -0.39 is 0 Å². The number of amides is 2. The van der Waals surface area contributed by atoms with E-state index in [1.165, 1.54) is 42.4 Å². The van der Waals surface area contributed by atoms with Crippen LogP contribution in [0.4, 0.5) is 14.3 Å². The number of urea groups is 1. The van der Waals surface area contributed by atoms with Gasteiger partial charge in [-0.15, -0.1) is 0 Å². The van der Waals surface area contributed by atoms with Crippen molar-refractivity contribution in [3.05, 3.63) is 46.2 Å². The van der Waals surface area contributed by atoms with Crippen LogP contribution in [-0.2, 0) is 11.2 Å². The molecule has 2 aromatic rings. The molecule has 0 radical (unpaired) electrons. The highest BCUT2D eigenvalue weighted by Gasteiger charge is 2.31. The maximum absolute atomic E-state index is 13.2. The fourth-order valence-corrected chi connectivity index (χ4v) is 5.81. The van der Waals surface area contributed by atoms with Crippen molar-refractivity contribution in [2.75, 3.05) is 31.6 Å². The second-order valence-electron chi connectivity index (χ2n) is 9.34. The van der Waals surface area contributed by atoms with E-state index in [1.54, 1.807) is 6.92 Å².